The summed E-state index contributed by atoms with van der Waals surface area (Å²) >= 11 is 0. The van der Waals surface area contributed by atoms with Crippen LogP contribution in [0.2, 0.25) is 0 Å². The zero-order valence-corrected chi connectivity index (χ0v) is 18.4. The second-order valence-electron chi connectivity index (χ2n) is 9.04. The molecular formula is C24H29N3O6. The molecule has 9 nitrogen and oxygen atoms in total. The Morgan fingerprint density at radius 2 is 1.97 bits per heavy atom. The quantitative estimate of drug-likeness (QED) is 0.462. The van der Waals surface area contributed by atoms with Crippen molar-refractivity contribution in [3.63, 3.8) is 0 Å². The number of likely N-dealkylation sites (tertiary alicyclic amines) is 1. The van der Waals surface area contributed by atoms with Crippen LogP contribution in [0.1, 0.15) is 47.0 Å². The maximum atomic E-state index is 13.2. The van der Waals surface area contributed by atoms with Crippen LogP contribution in [-0.4, -0.2) is 57.3 Å². The first-order valence-electron chi connectivity index (χ1n) is 11.1. The van der Waals surface area contributed by atoms with Gasteiger partial charge in [-0.05, 0) is 49.4 Å². The van der Waals surface area contributed by atoms with Crippen LogP contribution in [0.4, 0.5) is 0 Å². The molecule has 0 unspecified atom stereocenters. The number of pyridine rings is 1. The smallest absolute Gasteiger partial charge is 0.290 e. The normalized spacial score (nSPS) is 22.7. The van der Waals surface area contributed by atoms with E-state index < -0.39 is 11.4 Å². The van der Waals surface area contributed by atoms with E-state index in [1.807, 2.05) is 30.4 Å². The fourth-order valence-electron chi connectivity index (χ4n) is 5.25. The number of aliphatic hydroxyl groups is 1. The monoisotopic (exact) mass is 455 g/mol. The van der Waals surface area contributed by atoms with Crippen LogP contribution < -0.4 is 10.9 Å². The molecule has 1 fully saturated rings. The maximum absolute atomic E-state index is 13.2. The molecule has 3 aliphatic rings. The Kier molecular flexibility index (Phi) is 6.80. The van der Waals surface area contributed by atoms with E-state index in [1.54, 1.807) is 16.9 Å². The minimum absolute atomic E-state index is 0.145. The first-order chi connectivity index (χ1) is 16.0. The molecule has 176 valence electrons. The SMILES string of the molecule is O=C(NC1(CO)CC=CC1)c1ccc2n(c1=O)C[C@H]1C[C@@H]2CN(Cc2ccco2)C1.O=CO. The van der Waals surface area contributed by atoms with Crippen molar-refractivity contribution in [2.45, 2.75) is 43.8 Å². The van der Waals surface area contributed by atoms with Crippen molar-refractivity contribution in [3.05, 3.63) is 70.1 Å². The van der Waals surface area contributed by atoms with Crippen molar-refractivity contribution in [1.82, 2.24) is 14.8 Å². The second-order valence-corrected chi connectivity index (χ2v) is 9.04. The van der Waals surface area contributed by atoms with Gasteiger partial charge in [0.05, 0.1) is 25.0 Å². The van der Waals surface area contributed by atoms with Gasteiger partial charge in [0, 0.05) is 31.2 Å². The number of fused-ring (bicyclic) bond motifs is 4. The Labute approximate surface area is 191 Å². The number of carbonyl (C=O) groups excluding carboxylic acids is 1. The second kappa shape index (κ2) is 9.76. The molecule has 9 heteroatoms. The summed E-state index contributed by atoms with van der Waals surface area (Å²) in [5.74, 6) is 1.21. The van der Waals surface area contributed by atoms with Gasteiger partial charge in [0.1, 0.15) is 11.3 Å². The van der Waals surface area contributed by atoms with E-state index in [0.29, 0.717) is 25.3 Å². The summed E-state index contributed by atoms with van der Waals surface area (Å²) < 4.78 is 7.30. The van der Waals surface area contributed by atoms with E-state index in [9.17, 15) is 14.7 Å². The number of aliphatic hydroxyl groups excluding tert-OH is 1. The first-order valence-corrected chi connectivity index (χ1v) is 11.1. The fourth-order valence-corrected chi connectivity index (χ4v) is 5.25. The molecule has 5 rings (SSSR count). The van der Waals surface area contributed by atoms with Crippen molar-refractivity contribution in [1.29, 1.82) is 0 Å². The van der Waals surface area contributed by atoms with E-state index in [-0.39, 0.29) is 30.1 Å². The van der Waals surface area contributed by atoms with Crippen LogP contribution >= 0.6 is 0 Å². The summed E-state index contributed by atoms with van der Waals surface area (Å²) in [6.45, 7) is 2.81. The van der Waals surface area contributed by atoms with Crippen molar-refractivity contribution >= 4 is 12.4 Å². The summed E-state index contributed by atoms with van der Waals surface area (Å²) in [5.41, 5.74) is 0.257. The molecule has 33 heavy (non-hydrogen) atoms. The number of carbonyl (C=O) groups is 2. The molecule has 3 N–H and O–H groups in total. The van der Waals surface area contributed by atoms with Crippen molar-refractivity contribution in [2.75, 3.05) is 19.7 Å². The number of aromatic nitrogens is 1. The number of nitrogens with zero attached hydrogens (tertiary/aromatic N) is 2. The molecule has 2 atom stereocenters. The van der Waals surface area contributed by atoms with Gasteiger partial charge in [-0.25, -0.2) is 0 Å². The molecule has 0 spiro atoms. The highest BCUT2D eigenvalue weighted by Gasteiger charge is 2.37. The Hall–Kier alpha value is -3.17. The molecule has 2 aromatic heterocycles. The van der Waals surface area contributed by atoms with Gasteiger partial charge in [-0.1, -0.05) is 12.2 Å². The van der Waals surface area contributed by atoms with Gasteiger partial charge in [0.15, 0.2) is 0 Å². The average Bonchev–Trinajstić information content (AvgIpc) is 3.48. The predicted octanol–water partition coefficient (Wildman–Crippen LogP) is 1.57. The third kappa shape index (κ3) is 4.79. The molecule has 2 aromatic rings. The van der Waals surface area contributed by atoms with Gasteiger partial charge in [-0.3, -0.25) is 19.3 Å². The van der Waals surface area contributed by atoms with E-state index in [1.165, 1.54) is 0 Å². The Morgan fingerprint density at radius 3 is 2.64 bits per heavy atom. The van der Waals surface area contributed by atoms with Crippen LogP contribution in [0.15, 0.2) is 51.9 Å². The van der Waals surface area contributed by atoms with Gasteiger partial charge in [-0.2, -0.15) is 0 Å². The largest absolute Gasteiger partial charge is 0.483 e. The van der Waals surface area contributed by atoms with Gasteiger partial charge in [0.2, 0.25) is 0 Å². The minimum atomic E-state index is -0.688. The molecule has 2 bridgehead atoms. The van der Waals surface area contributed by atoms with E-state index in [0.717, 1.165) is 37.5 Å². The topological polar surface area (TPSA) is 125 Å². The first kappa shape index (κ1) is 23.0. The van der Waals surface area contributed by atoms with E-state index >= 15 is 0 Å². The molecule has 1 saturated heterocycles. The molecule has 0 aromatic carbocycles. The Morgan fingerprint density at radius 1 is 1.21 bits per heavy atom. The van der Waals surface area contributed by atoms with Gasteiger partial charge >= 0.3 is 0 Å². The fraction of sp³-hybridized carbons (Fsp3) is 0.458. The molecule has 2 aliphatic heterocycles. The van der Waals surface area contributed by atoms with Gasteiger partial charge < -0.3 is 24.5 Å². The minimum Gasteiger partial charge on any atom is -0.483 e. The lowest BCUT2D eigenvalue weighted by Crippen LogP contribution is -2.52. The summed E-state index contributed by atoms with van der Waals surface area (Å²) in [4.78, 5) is 36.8. The molecule has 0 saturated carbocycles. The Bertz CT molecular complexity index is 1070. The molecule has 0 radical (unpaired) electrons. The van der Waals surface area contributed by atoms with Crippen LogP contribution in [-0.2, 0) is 17.9 Å². The van der Waals surface area contributed by atoms with Crippen LogP contribution in [0.5, 0.6) is 0 Å². The van der Waals surface area contributed by atoms with E-state index in [4.69, 9.17) is 14.3 Å². The number of hydrogen-bond acceptors (Lipinski definition) is 6. The lowest BCUT2D eigenvalue weighted by Gasteiger charge is -2.42. The molecular weight excluding hydrogens is 426 g/mol. The maximum Gasteiger partial charge on any atom is 0.290 e. The summed E-state index contributed by atoms with van der Waals surface area (Å²) in [6, 6.07) is 7.49. The third-order valence-corrected chi connectivity index (χ3v) is 6.75. The highest BCUT2D eigenvalue weighted by atomic mass is 16.3. The predicted molar refractivity (Wildman–Crippen MR) is 120 cm³/mol. The molecule has 4 heterocycles. The van der Waals surface area contributed by atoms with Crippen molar-refractivity contribution in [2.24, 2.45) is 5.92 Å². The highest BCUT2D eigenvalue weighted by molar-refractivity contribution is 5.94. The summed E-state index contributed by atoms with van der Waals surface area (Å²) in [5, 5.41) is 19.5. The lowest BCUT2D eigenvalue weighted by molar-refractivity contribution is -0.122. The number of hydrogen-bond donors (Lipinski definition) is 3. The van der Waals surface area contributed by atoms with Crippen LogP contribution in [0, 0.1) is 5.92 Å². The highest BCUT2D eigenvalue weighted by Crippen LogP contribution is 2.35. The number of piperidine rings is 1. The Balaban J connectivity index is 0.000000821. The number of nitrogens with one attached hydrogen (secondary N) is 1. The average molecular weight is 456 g/mol. The standard InChI is InChI=1S/C23H27N3O4.CH2O2/c27-15-23(7-1-2-8-23)24-21(28)19-5-6-20-17-10-16(12-26(20)22(19)29)11-25(13-17)14-18-4-3-9-30-18;2-1-3/h1-6,9,16-17,27H,7-8,10-15H2,(H,24,28);1H,(H,2,3)/t16-,17+;/m0./s1. The summed E-state index contributed by atoms with van der Waals surface area (Å²) in [7, 11) is 0. The molecule has 1 aliphatic carbocycles. The zero-order valence-electron chi connectivity index (χ0n) is 18.4. The van der Waals surface area contributed by atoms with Crippen LogP contribution in [0.25, 0.3) is 0 Å². The number of amides is 1. The number of furan rings is 1. The van der Waals surface area contributed by atoms with Crippen molar-refractivity contribution in [3.8, 4) is 0 Å². The van der Waals surface area contributed by atoms with Crippen LogP contribution in [0.3, 0.4) is 0 Å². The van der Waals surface area contributed by atoms with Gasteiger partial charge in [-0.15, -0.1) is 0 Å². The van der Waals surface area contributed by atoms with Crippen molar-refractivity contribution < 1.29 is 24.2 Å². The summed E-state index contributed by atoms with van der Waals surface area (Å²) in [6.07, 6.45) is 7.83. The number of rotatable bonds is 5. The van der Waals surface area contributed by atoms with Gasteiger partial charge in [0.25, 0.3) is 17.9 Å². The number of carboxylic acid groups (broad SMARTS) is 1. The third-order valence-electron chi connectivity index (χ3n) is 6.75. The zero-order chi connectivity index (χ0) is 23.4. The van der Waals surface area contributed by atoms with E-state index in [2.05, 4.69) is 10.2 Å². The lowest BCUT2D eigenvalue weighted by atomic mass is 9.83. The molecule has 1 amide bonds.